The Morgan fingerprint density at radius 1 is 1.35 bits per heavy atom. The predicted octanol–water partition coefficient (Wildman–Crippen LogP) is 2.94. The van der Waals surface area contributed by atoms with Crippen molar-refractivity contribution in [3.05, 3.63) is 12.2 Å². The second-order valence-corrected chi connectivity index (χ2v) is 6.78. The molecule has 2 N–H and O–H groups in total. The van der Waals surface area contributed by atoms with Crippen LogP contribution in [-0.4, -0.2) is 28.8 Å². The first-order valence-corrected chi connectivity index (χ1v) is 8.55. The molecular formula is C18H29NO4. The molecule has 23 heavy (non-hydrogen) atoms. The van der Waals surface area contributed by atoms with Gasteiger partial charge in [-0.05, 0) is 37.5 Å². The summed E-state index contributed by atoms with van der Waals surface area (Å²) in [7, 11) is 0. The first-order valence-electron chi connectivity index (χ1n) is 8.55. The number of hydrogen-bond donors (Lipinski definition) is 2. The summed E-state index contributed by atoms with van der Waals surface area (Å²) in [5.74, 6) is -0.925. The summed E-state index contributed by atoms with van der Waals surface area (Å²) in [5, 5.41) is 11.8. The van der Waals surface area contributed by atoms with E-state index in [1.165, 1.54) is 0 Å². The van der Waals surface area contributed by atoms with Gasteiger partial charge in [0.2, 0.25) is 5.91 Å². The maximum atomic E-state index is 12.2. The molecule has 3 unspecified atom stereocenters. The number of ketones is 1. The summed E-state index contributed by atoms with van der Waals surface area (Å²) in [4.78, 5) is 35.4. The van der Waals surface area contributed by atoms with Crippen molar-refractivity contribution >= 4 is 17.7 Å². The molecule has 5 nitrogen and oxygen atoms in total. The highest BCUT2D eigenvalue weighted by Gasteiger charge is 2.35. The summed E-state index contributed by atoms with van der Waals surface area (Å²) in [6, 6.07) is -0.849. The Bertz CT molecular complexity index is 456. The van der Waals surface area contributed by atoms with Crippen molar-refractivity contribution in [3.63, 3.8) is 0 Å². The van der Waals surface area contributed by atoms with Crippen LogP contribution >= 0.6 is 0 Å². The number of carboxylic acids is 1. The van der Waals surface area contributed by atoms with Gasteiger partial charge in [-0.3, -0.25) is 9.59 Å². The van der Waals surface area contributed by atoms with E-state index in [2.05, 4.69) is 5.32 Å². The molecule has 0 saturated heterocycles. The third-order valence-electron chi connectivity index (χ3n) is 4.32. The van der Waals surface area contributed by atoms with Crippen LogP contribution in [0.25, 0.3) is 0 Å². The molecule has 130 valence electrons. The molecule has 0 aromatic carbocycles. The first kappa shape index (κ1) is 19.4. The number of nitrogens with one attached hydrogen (secondary N) is 1. The zero-order valence-electron chi connectivity index (χ0n) is 14.4. The maximum Gasteiger partial charge on any atom is 0.326 e. The number of allylic oxidation sites excluding steroid dienone is 2. The van der Waals surface area contributed by atoms with E-state index < -0.39 is 12.0 Å². The highest BCUT2D eigenvalue weighted by molar-refractivity contribution is 5.87. The van der Waals surface area contributed by atoms with E-state index in [1.807, 2.05) is 32.9 Å². The van der Waals surface area contributed by atoms with Gasteiger partial charge < -0.3 is 10.4 Å². The lowest BCUT2D eigenvalue weighted by molar-refractivity contribution is -0.142. The molecule has 1 fully saturated rings. The van der Waals surface area contributed by atoms with Gasteiger partial charge in [0.15, 0.2) is 0 Å². The molecule has 1 saturated carbocycles. The zero-order chi connectivity index (χ0) is 17.4. The van der Waals surface area contributed by atoms with Gasteiger partial charge in [0, 0.05) is 18.8 Å². The van der Waals surface area contributed by atoms with Crippen LogP contribution in [0.5, 0.6) is 0 Å². The third-order valence-corrected chi connectivity index (χ3v) is 4.32. The minimum atomic E-state index is -1.00. The Labute approximate surface area is 138 Å². The lowest BCUT2D eigenvalue weighted by Gasteiger charge is -2.20. The van der Waals surface area contributed by atoms with E-state index in [1.54, 1.807) is 0 Å². The Hall–Kier alpha value is -1.65. The molecule has 0 heterocycles. The summed E-state index contributed by atoms with van der Waals surface area (Å²) in [5.41, 5.74) is 0. The van der Waals surface area contributed by atoms with Gasteiger partial charge in [-0.15, -0.1) is 0 Å². The highest BCUT2D eigenvalue weighted by Crippen LogP contribution is 2.34. The second kappa shape index (κ2) is 9.48. The molecule has 0 bridgehead atoms. The highest BCUT2D eigenvalue weighted by atomic mass is 16.4. The average Bonchev–Trinajstić information content (AvgIpc) is 2.79. The summed E-state index contributed by atoms with van der Waals surface area (Å²) in [6.45, 7) is 5.89. The molecular weight excluding hydrogens is 294 g/mol. The van der Waals surface area contributed by atoms with Crippen molar-refractivity contribution in [1.82, 2.24) is 5.32 Å². The fourth-order valence-electron chi connectivity index (χ4n) is 3.14. The second-order valence-electron chi connectivity index (χ2n) is 6.78. The van der Waals surface area contributed by atoms with Crippen LogP contribution in [0.4, 0.5) is 0 Å². The monoisotopic (exact) mass is 323 g/mol. The molecule has 3 atom stereocenters. The Balaban J connectivity index is 2.58. The minimum absolute atomic E-state index is 0.0255. The van der Waals surface area contributed by atoms with Gasteiger partial charge >= 0.3 is 5.97 Å². The van der Waals surface area contributed by atoms with Gasteiger partial charge in [-0.1, -0.05) is 32.9 Å². The summed E-state index contributed by atoms with van der Waals surface area (Å²) >= 11 is 0. The number of Topliss-reactive ketones (excluding diaryl/α,β-unsaturated/α-hetero) is 1. The quantitative estimate of drug-likeness (QED) is 0.639. The minimum Gasteiger partial charge on any atom is -0.480 e. The van der Waals surface area contributed by atoms with E-state index in [-0.39, 0.29) is 35.9 Å². The number of amides is 1. The SMILES string of the molecule is CC/C=C/CC1C(=O)CCC1CC(=O)NC(CC(C)C)C(=O)O. The number of carbonyl (C=O) groups is 3. The number of carbonyl (C=O) groups excluding carboxylic acids is 2. The molecule has 1 rings (SSSR count). The molecule has 1 amide bonds. The van der Waals surface area contributed by atoms with Gasteiger partial charge in [0.25, 0.3) is 0 Å². The van der Waals surface area contributed by atoms with Crippen LogP contribution < -0.4 is 5.32 Å². The predicted molar refractivity (Wildman–Crippen MR) is 88.9 cm³/mol. The van der Waals surface area contributed by atoms with Crippen molar-refractivity contribution in [2.75, 3.05) is 0 Å². The van der Waals surface area contributed by atoms with Crippen LogP contribution in [0, 0.1) is 17.8 Å². The molecule has 0 spiro atoms. The lowest BCUT2D eigenvalue weighted by atomic mass is 9.89. The molecule has 0 aromatic heterocycles. The molecule has 1 aliphatic rings. The normalized spacial score (nSPS) is 22.7. The van der Waals surface area contributed by atoms with E-state index in [4.69, 9.17) is 0 Å². The van der Waals surface area contributed by atoms with Gasteiger partial charge in [0.1, 0.15) is 11.8 Å². The molecule has 5 heteroatoms. The van der Waals surface area contributed by atoms with Gasteiger partial charge in [-0.2, -0.15) is 0 Å². The van der Waals surface area contributed by atoms with Crippen molar-refractivity contribution < 1.29 is 19.5 Å². The third kappa shape index (κ3) is 6.55. The van der Waals surface area contributed by atoms with Crippen LogP contribution in [0.1, 0.15) is 59.3 Å². The van der Waals surface area contributed by atoms with E-state index in [0.29, 0.717) is 19.3 Å². The van der Waals surface area contributed by atoms with E-state index in [9.17, 15) is 19.5 Å². The van der Waals surface area contributed by atoms with Gasteiger partial charge in [0.05, 0.1) is 0 Å². The largest absolute Gasteiger partial charge is 0.480 e. The molecule has 0 aromatic rings. The number of aliphatic carboxylic acids is 1. The summed E-state index contributed by atoms with van der Waals surface area (Å²) in [6.07, 6.45) is 7.55. The summed E-state index contributed by atoms with van der Waals surface area (Å²) < 4.78 is 0. The van der Waals surface area contributed by atoms with Crippen molar-refractivity contribution in [2.45, 2.75) is 65.3 Å². The fourth-order valence-corrected chi connectivity index (χ4v) is 3.14. The van der Waals surface area contributed by atoms with E-state index >= 15 is 0 Å². The number of hydrogen-bond acceptors (Lipinski definition) is 3. The van der Waals surface area contributed by atoms with Crippen molar-refractivity contribution in [2.24, 2.45) is 17.8 Å². The zero-order valence-corrected chi connectivity index (χ0v) is 14.4. The van der Waals surface area contributed by atoms with Crippen LogP contribution in [0.3, 0.4) is 0 Å². The van der Waals surface area contributed by atoms with Crippen molar-refractivity contribution in [1.29, 1.82) is 0 Å². The maximum absolute atomic E-state index is 12.2. The topological polar surface area (TPSA) is 83.5 Å². The Morgan fingerprint density at radius 3 is 2.61 bits per heavy atom. The first-order chi connectivity index (χ1) is 10.8. The molecule has 0 aliphatic heterocycles. The van der Waals surface area contributed by atoms with Crippen LogP contribution in [0.15, 0.2) is 12.2 Å². The number of rotatable bonds is 9. The Kier molecular flexibility index (Phi) is 8.00. The number of carboxylic acid groups (broad SMARTS) is 1. The smallest absolute Gasteiger partial charge is 0.326 e. The Morgan fingerprint density at radius 2 is 2.04 bits per heavy atom. The molecule has 1 aliphatic carbocycles. The van der Waals surface area contributed by atoms with Crippen LogP contribution in [-0.2, 0) is 14.4 Å². The fraction of sp³-hybridized carbons (Fsp3) is 0.722. The van der Waals surface area contributed by atoms with Crippen LogP contribution in [0.2, 0.25) is 0 Å². The standard InChI is InChI=1S/C18H29NO4/c1-4-5-6-7-14-13(8-9-16(14)20)11-17(21)19-15(18(22)23)10-12(2)3/h5-6,12-15H,4,7-11H2,1-3H3,(H,19,21)(H,22,23)/b6-5+. The van der Waals surface area contributed by atoms with Gasteiger partial charge in [-0.25, -0.2) is 4.79 Å². The molecule has 0 radical (unpaired) electrons. The van der Waals surface area contributed by atoms with Crippen molar-refractivity contribution in [3.8, 4) is 0 Å². The van der Waals surface area contributed by atoms with E-state index in [0.717, 1.165) is 12.8 Å². The average molecular weight is 323 g/mol. The lowest BCUT2D eigenvalue weighted by Crippen LogP contribution is -2.42.